The van der Waals surface area contributed by atoms with Crippen LogP contribution in [0.15, 0.2) is 23.1 Å². The van der Waals surface area contributed by atoms with Gasteiger partial charge in [0, 0.05) is 10.6 Å². The van der Waals surface area contributed by atoms with Gasteiger partial charge in [-0.25, -0.2) is 4.79 Å². The highest BCUT2D eigenvalue weighted by atomic mass is 32.2. The summed E-state index contributed by atoms with van der Waals surface area (Å²) in [5.41, 5.74) is 7.11. The van der Waals surface area contributed by atoms with Crippen molar-refractivity contribution in [2.75, 3.05) is 18.6 Å². The Kier molecular flexibility index (Phi) is 5.19. The van der Waals surface area contributed by atoms with E-state index in [0.29, 0.717) is 11.3 Å². The lowest BCUT2D eigenvalue weighted by Gasteiger charge is -2.07. The van der Waals surface area contributed by atoms with Crippen molar-refractivity contribution < 1.29 is 9.53 Å². The average molecular weight is 239 g/mol. The number of unbranched alkanes of at least 4 members (excludes halogenated alkanes) is 1. The molecular weight excluding hydrogens is 222 g/mol. The molecular formula is C12H17NO2S. The third-order valence-corrected chi connectivity index (χ3v) is 3.35. The minimum absolute atomic E-state index is 0.322. The highest BCUT2D eigenvalue weighted by Crippen LogP contribution is 2.27. The molecule has 0 aliphatic carbocycles. The van der Waals surface area contributed by atoms with Crippen LogP contribution >= 0.6 is 11.8 Å². The Morgan fingerprint density at radius 3 is 2.88 bits per heavy atom. The first-order valence-corrected chi connectivity index (χ1v) is 6.28. The maximum Gasteiger partial charge on any atom is 0.337 e. The molecule has 3 nitrogen and oxygen atoms in total. The van der Waals surface area contributed by atoms with Crippen LogP contribution in [0, 0.1) is 0 Å². The molecule has 0 aromatic heterocycles. The minimum Gasteiger partial charge on any atom is -0.465 e. The van der Waals surface area contributed by atoms with Crippen molar-refractivity contribution >= 4 is 23.4 Å². The Morgan fingerprint density at radius 1 is 1.50 bits per heavy atom. The Morgan fingerprint density at radius 2 is 2.25 bits per heavy atom. The second-order valence-corrected chi connectivity index (χ2v) is 4.58. The van der Waals surface area contributed by atoms with E-state index in [2.05, 4.69) is 11.7 Å². The number of ether oxygens (including phenoxy) is 1. The molecule has 0 amide bonds. The fraction of sp³-hybridized carbons (Fsp3) is 0.417. The van der Waals surface area contributed by atoms with Gasteiger partial charge in [-0.1, -0.05) is 13.3 Å². The van der Waals surface area contributed by atoms with Crippen LogP contribution in [-0.2, 0) is 4.74 Å². The number of carbonyl (C=O) groups excluding carboxylic acids is 1. The molecule has 0 bridgehead atoms. The summed E-state index contributed by atoms with van der Waals surface area (Å²) >= 11 is 1.68. The number of rotatable bonds is 5. The zero-order valence-corrected chi connectivity index (χ0v) is 10.5. The molecule has 1 aromatic carbocycles. The highest BCUT2D eigenvalue weighted by molar-refractivity contribution is 7.99. The minimum atomic E-state index is -0.322. The van der Waals surface area contributed by atoms with Crippen LogP contribution < -0.4 is 5.73 Å². The lowest BCUT2D eigenvalue weighted by Crippen LogP contribution is -2.02. The summed E-state index contributed by atoms with van der Waals surface area (Å²) in [6.07, 6.45) is 2.30. The van der Waals surface area contributed by atoms with Crippen molar-refractivity contribution in [2.24, 2.45) is 0 Å². The van der Waals surface area contributed by atoms with E-state index < -0.39 is 0 Å². The maximum absolute atomic E-state index is 11.3. The van der Waals surface area contributed by atoms with Gasteiger partial charge in [-0.15, -0.1) is 11.8 Å². The Hall–Kier alpha value is -1.16. The van der Waals surface area contributed by atoms with Gasteiger partial charge in [-0.05, 0) is 30.4 Å². The summed E-state index contributed by atoms with van der Waals surface area (Å²) in [4.78, 5) is 12.3. The fourth-order valence-electron chi connectivity index (χ4n) is 1.23. The number of hydrogen-bond donors (Lipinski definition) is 1. The summed E-state index contributed by atoms with van der Waals surface area (Å²) in [5, 5.41) is 0. The Balaban J connectivity index is 2.78. The molecule has 4 heteroatoms. The number of nitrogen functional groups attached to an aromatic ring is 1. The Bertz CT molecular complexity index is 366. The molecule has 0 saturated heterocycles. The highest BCUT2D eigenvalue weighted by Gasteiger charge is 2.08. The number of thioether (sulfide) groups is 1. The number of nitrogens with two attached hydrogens (primary N) is 1. The molecule has 0 radical (unpaired) electrons. The molecule has 0 atom stereocenters. The molecule has 0 spiro atoms. The van der Waals surface area contributed by atoms with Crippen molar-refractivity contribution in [3.8, 4) is 0 Å². The standard InChI is InChI=1S/C12H17NO2S/c1-3-4-7-16-11-8-9(12(14)15-2)5-6-10(11)13/h5-6,8H,3-4,7,13H2,1-2H3. The van der Waals surface area contributed by atoms with Crippen LogP contribution in [0.25, 0.3) is 0 Å². The van der Waals surface area contributed by atoms with Crippen LogP contribution in [0.1, 0.15) is 30.1 Å². The first-order chi connectivity index (χ1) is 7.69. The fourth-order valence-corrected chi connectivity index (χ4v) is 2.33. The van der Waals surface area contributed by atoms with Crippen molar-refractivity contribution in [1.82, 2.24) is 0 Å². The molecule has 88 valence electrons. The quantitative estimate of drug-likeness (QED) is 0.371. The van der Waals surface area contributed by atoms with Crippen LogP contribution in [0.2, 0.25) is 0 Å². The molecule has 0 unspecified atom stereocenters. The van der Waals surface area contributed by atoms with Gasteiger partial charge < -0.3 is 10.5 Å². The van der Waals surface area contributed by atoms with E-state index in [-0.39, 0.29) is 5.97 Å². The first-order valence-electron chi connectivity index (χ1n) is 5.29. The van der Waals surface area contributed by atoms with Crippen molar-refractivity contribution in [3.63, 3.8) is 0 Å². The van der Waals surface area contributed by atoms with Crippen molar-refractivity contribution in [3.05, 3.63) is 23.8 Å². The van der Waals surface area contributed by atoms with E-state index in [4.69, 9.17) is 5.73 Å². The molecule has 2 N–H and O–H groups in total. The number of esters is 1. The van der Waals surface area contributed by atoms with Gasteiger partial charge in [0.25, 0.3) is 0 Å². The normalized spacial score (nSPS) is 10.1. The van der Waals surface area contributed by atoms with Gasteiger partial charge in [-0.2, -0.15) is 0 Å². The number of methoxy groups -OCH3 is 1. The summed E-state index contributed by atoms with van der Waals surface area (Å²) in [6, 6.07) is 5.23. The van der Waals surface area contributed by atoms with Crippen LogP contribution in [-0.4, -0.2) is 18.8 Å². The summed E-state index contributed by atoms with van der Waals surface area (Å²) < 4.78 is 4.67. The summed E-state index contributed by atoms with van der Waals surface area (Å²) in [5.74, 6) is 0.697. The molecule has 1 aromatic rings. The predicted molar refractivity (Wildman–Crippen MR) is 67.8 cm³/mol. The van der Waals surface area contributed by atoms with Gasteiger partial charge >= 0.3 is 5.97 Å². The van der Waals surface area contributed by atoms with E-state index >= 15 is 0 Å². The monoisotopic (exact) mass is 239 g/mol. The van der Waals surface area contributed by atoms with Gasteiger partial charge in [0.1, 0.15) is 0 Å². The molecule has 0 saturated carbocycles. The first kappa shape index (κ1) is 12.9. The van der Waals surface area contributed by atoms with Gasteiger partial charge in [0.05, 0.1) is 12.7 Å². The third-order valence-electron chi connectivity index (χ3n) is 2.19. The van der Waals surface area contributed by atoms with Crippen LogP contribution in [0.5, 0.6) is 0 Å². The van der Waals surface area contributed by atoms with E-state index in [1.165, 1.54) is 7.11 Å². The number of carbonyl (C=O) groups is 1. The van der Waals surface area contributed by atoms with Crippen molar-refractivity contribution in [1.29, 1.82) is 0 Å². The van der Waals surface area contributed by atoms with Crippen molar-refractivity contribution in [2.45, 2.75) is 24.7 Å². The Labute approximate surface area is 100 Å². The van der Waals surface area contributed by atoms with Gasteiger partial charge in [-0.3, -0.25) is 0 Å². The topological polar surface area (TPSA) is 52.3 Å². The summed E-state index contributed by atoms with van der Waals surface area (Å²) in [7, 11) is 1.38. The SMILES string of the molecule is CCCCSc1cc(C(=O)OC)ccc1N. The lowest BCUT2D eigenvalue weighted by molar-refractivity contribution is 0.0600. The van der Waals surface area contributed by atoms with Gasteiger partial charge in [0.15, 0.2) is 0 Å². The smallest absolute Gasteiger partial charge is 0.337 e. The average Bonchev–Trinajstić information content (AvgIpc) is 2.31. The number of anilines is 1. The zero-order valence-electron chi connectivity index (χ0n) is 9.66. The second-order valence-electron chi connectivity index (χ2n) is 3.45. The van der Waals surface area contributed by atoms with E-state index in [9.17, 15) is 4.79 Å². The molecule has 0 aliphatic rings. The largest absolute Gasteiger partial charge is 0.465 e. The maximum atomic E-state index is 11.3. The molecule has 0 heterocycles. The van der Waals surface area contributed by atoms with Gasteiger partial charge in [0.2, 0.25) is 0 Å². The van der Waals surface area contributed by atoms with Crippen LogP contribution in [0.4, 0.5) is 5.69 Å². The lowest BCUT2D eigenvalue weighted by atomic mass is 10.2. The van der Waals surface area contributed by atoms with E-state index in [0.717, 1.165) is 23.5 Å². The van der Waals surface area contributed by atoms with E-state index in [1.807, 2.05) is 0 Å². The molecule has 1 rings (SSSR count). The second kappa shape index (κ2) is 6.43. The zero-order chi connectivity index (χ0) is 12.0. The molecule has 0 aliphatic heterocycles. The van der Waals surface area contributed by atoms with E-state index in [1.54, 1.807) is 30.0 Å². The summed E-state index contributed by atoms with van der Waals surface area (Å²) in [6.45, 7) is 2.15. The predicted octanol–water partition coefficient (Wildman–Crippen LogP) is 2.95. The number of hydrogen-bond acceptors (Lipinski definition) is 4. The number of benzene rings is 1. The van der Waals surface area contributed by atoms with Crippen LogP contribution in [0.3, 0.4) is 0 Å². The molecule has 0 fully saturated rings. The third kappa shape index (κ3) is 3.45. The molecule has 16 heavy (non-hydrogen) atoms.